The molecular weight excluding hydrogens is 424 g/mol. The summed E-state index contributed by atoms with van der Waals surface area (Å²) in [5.41, 5.74) is 1.54. The number of carbonyl (C=O) groups excluding carboxylic acids is 2. The van der Waals surface area contributed by atoms with Gasteiger partial charge < -0.3 is 9.84 Å². The molecule has 0 bridgehead atoms. The number of pyridine rings is 2. The fourth-order valence-electron chi connectivity index (χ4n) is 3.54. The minimum Gasteiger partial charge on any atom is -0.455 e. The van der Waals surface area contributed by atoms with Gasteiger partial charge in [-0.2, -0.15) is 5.10 Å². The normalized spacial score (nSPS) is 15.0. The van der Waals surface area contributed by atoms with Crippen molar-refractivity contribution in [2.45, 2.75) is 33.7 Å². The van der Waals surface area contributed by atoms with Crippen molar-refractivity contribution >= 4 is 17.8 Å². The number of rotatable bonds is 6. The lowest BCUT2D eigenvalue weighted by atomic mass is 9.92. The highest BCUT2D eigenvalue weighted by Gasteiger charge is 2.41. The summed E-state index contributed by atoms with van der Waals surface area (Å²) in [6.07, 6.45) is 5.76. The number of aliphatic hydroxyl groups excluding tert-OH is 1. The first-order chi connectivity index (χ1) is 15.8. The monoisotopic (exact) mass is 450 g/mol. The molecule has 3 amide bonds. The van der Waals surface area contributed by atoms with Crippen LogP contribution in [0, 0.1) is 12.3 Å². The molecule has 1 aliphatic rings. The second-order valence-corrected chi connectivity index (χ2v) is 8.50. The molecule has 0 saturated carbocycles. The maximum Gasteiger partial charge on any atom is 0.329 e. The Morgan fingerprint density at radius 2 is 2.12 bits per heavy atom. The van der Waals surface area contributed by atoms with Gasteiger partial charge in [0.25, 0.3) is 0 Å². The van der Waals surface area contributed by atoms with Crippen molar-refractivity contribution in [2.24, 2.45) is 5.41 Å². The minimum atomic E-state index is -0.528. The van der Waals surface area contributed by atoms with Gasteiger partial charge in [-0.05, 0) is 31.5 Å². The van der Waals surface area contributed by atoms with Crippen LogP contribution in [0.5, 0.6) is 11.5 Å². The number of carbonyl (C=O) groups is 2. The molecule has 33 heavy (non-hydrogen) atoms. The molecule has 0 radical (unpaired) electrons. The highest BCUT2D eigenvalue weighted by Crippen LogP contribution is 2.31. The molecule has 1 aliphatic heterocycles. The van der Waals surface area contributed by atoms with Crippen LogP contribution in [0.2, 0.25) is 0 Å². The zero-order valence-electron chi connectivity index (χ0n) is 18.8. The predicted octanol–water partition coefficient (Wildman–Crippen LogP) is 3.22. The third-order valence-corrected chi connectivity index (χ3v) is 5.52. The Labute approximate surface area is 191 Å². The Morgan fingerprint density at radius 3 is 2.82 bits per heavy atom. The van der Waals surface area contributed by atoms with Gasteiger partial charge in [-0.25, -0.2) is 9.78 Å². The molecule has 3 aromatic heterocycles. The maximum absolute atomic E-state index is 12.5. The predicted molar refractivity (Wildman–Crippen MR) is 121 cm³/mol. The molecule has 10 nitrogen and oxygen atoms in total. The molecule has 4 heterocycles. The summed E-state index contributed by atoms with van der Waals surface area (Å²) in [6, 6.07) is 6.39. The standard InChI is InChI=1S/C23H26N6O4/c1-15-19(4-5-20(26-15)27-22(32)29-9-7-23(2,3)21(29)31)33-17-6-8-24-18(12-17)16-13-25-28(14-16)10-11-30/h4-6,8,12-14,30H,7,9-11H2,1-3H3,(H,26,27,32). The summed E-state index contributed by atoms with van der Waals surface area (Å²) in [4.78, 5) is 34.8. The number of aryl methyl sites for hydroxylation is 1. The Balaban J connectivity index is 1.44. The Bertz CT molecular complexity index is 1190. The number of nitrogens with zero attached hydrogens (tertiary/aromatic N) is 5. The molecule has 4 rings (SSSR count). The van der Waals surface area contributed by atoms with E-state index in [9.17, 15) is 9.59 Å². The number of aliphatic hydroxyl groups is 1. The fourth-order valence-corrected chi connectivity index (χ4v) is 3.54. The van der Waals surface area contributed by atoms with E-state index in [1.807, 2.05) is 13.8 Å². The van der Waals surface area contributed by atoms with Crippen LogP contribution in [-0.4, -0.2) is 54.8 Å². The van der Waals surface area contributed by atoms with E-state index in [4.69, 9.17) is 9.84 Å². The van der Waals surface area contributed by atoms with Crippen LogP contribution in [0.1, 0.15) is 26.0 Å². The van der Waals surface area contributed by atoms with E-state index < -0.39 is 11.4 Å². The largest absolute Gasteiger partial charge is 0.455 e. The summed E-state index contributed by atoms with van der Waals surface area (Å²) in [5.74, 6) is 1.25. The van der Waals surface area contributed by atoms with E-state index in [1.165, 1.54) is 4.90 Å². The van der Waals surface area contributed by atoms with Crippen LogP contribution in [0.25, 0.3) is 11.3 Å². The van der Waals surface area contributed by atoms with E-state index >= 15 is 0 Å². The molecule has 0 atom stereocenters. The van der Waals surface area contributed by atoms with Gasteiger partial charge in [0.2, 0.25) is 5.91 Å². The Morgan fingerprint density at radius 1 is 1.30 bits per heavy atom. The van der Waals surface area contributed by atoms with Gasteiger partial charge >= 0.3 is 6.03 Å². The first-order valence-corrected chi connectivity index (χ1v) is 10.6. The molecule has 10 heteroatoms. The van der Waals surface area contributed by atoms with E-state index in [2.05, 4.69) is 20.4 Å². The van der Waals surface area contributed by atoms with Crippen molar-refractivity contribution in [1.29, 1.82) is 0 Å². The first kappa shape index (κ1) is 22.4. The van der Waals surface area contributed by atoms with Crippen molar-refractivity contribution in [3.63, 3.8) is 0 Å². The van der Waals surface area contributed by atoms with Crippen molar-refractivity contribution in [2.75, 3.05) is 18.5 Å². The number of anilines is 1. The number of hydrogen-bond acceptors (Lipinski definition) is 7. The average Bonchev–Trinajstić information content (AvgIpc) is 3.35. The number of imide groups is 1. The SMILES string of the molecule is Cc1nc(NC(=O)N2CCC(C)(C)C2=O)ccc1Oc1ccnc(-c2cnn(CCO)c2)c1. The number of nitrogens with one attached hydrogen (secondary N) is 1. The zero-order valence-corrected chi connectivity index (χ0v) is 18.8. The van der Waals surface area contributed by atoms with Crippen LogP contribution in [0.3, 0.4) is 0 Å². The smallest absolute Gasteiger partial charge is 0.329 e. The van der Waals surface area contributed by atoms with Gasteiger partial charge in [0, 0.05) is 36.0 Å². The number of amides is 3. The third-order valence-electron chi connectivity index (χ3n) is 5.52. The van der Waals surface area contributed by atoms with Gasteiger partial charge in [0.15, 0.2) is 0 Å². The van der Waals surface area contributed by atoms with Crippen molar-refractivity contribution in [1.82, 2.24) is 24.6 Å². The van der Waals surface area contributed by atoms with Gasteiger partial charge in [0.05, 0.1) is 30.7 Å². The topological polar surface area (TPSA) is 122 Å². The molecule has 172 valence electrons. The van der Waals surface area contributed by atoms with E-state index in [1.54, 1.807) is 54.5 Å². The highest BCUT2D eigenvalue weighted by atomic mass is 16.5. The van der Waals surface area contributed by atoms with Crippen LogP contribution in [-0.2, 0) is 11.3 Å². The van der Waals surface area contributed by atoms with Crippen LogP contribution in [0.4, 0.5) is 10.6 Å². The quantitative estimate of drug-likeness (QED) is 0.591. The second-order valence-electron chi connectivity index (χ2n) is 8.50. The fraction of sp³-hybridized carbons (Fsp3) is 0.348. The lowest BCUT2D eigenvalue weighted by Gasteiger charge is -2.18. The highest BCUT2D eigenvalue weighted by molar-refractivity contribution is 6.03. The summed E-state index contributed by atoms with van der Waals surface area (Å²) in [7, 11) is 0. The van der Waals surface area contributed by atoms with Crippen molar-refractivity contribution < 1.29 is 19.4 Å². The molecule has 0 unspecified atom stereocenters. The number of hydrogen-bond donors (Lipinski definition) is 2. The summed E-state index contributed by atoms with van der Waals surface area (Å²) >= 11 is 0. The molecule has 3 aromatic rings. The van der Waals surface area contributed by atoms with Gasteiger partial charge in [-0.1, -0.05) is 13.8 Å². The number of ether oxygens (including phenoxy) is 1. The van der Waals surface area contributed by atoms with Crippen LogP contribution in [0.15, 0.2) is 42.9 Å². The van der Waals surface area contributed by atoms with Gasteiger partial charge in [0.1, 0.15) is 17.3 Å². The molecule has 0 aliphatic carbocycles. The lowest BCUT2D eigenvalue weighted by Crippen LogP contribution is -2.39. The first-order valence-electron chi connectivity index (χ1n) is 10.6. The summed E-state index contributed by atoms with van der Waals surface area (Å²) < 4.78 is 7.62. The summed E-state index contributed by atoms with van der Waals surface area (Å²) in [6.45, 7) is 6.25. The van der Waals surface area contributed by atoms with E-state index in [-0.39, 0.29) is 12.5 Å². The van der Waals surface area contributed by atoms with Crippen LogP contribution >= 0.6 is 0 Å². The van der Waals surface area contributed by atoms with Gasteiger partial charge in [-0.15, -0.1) is 0 Å². The number of aromatic nitrogens is 4. The maximum atomic E-state index is 12.5. The third kappa shape index (κ3) is 4.85. The molecule has 0 aromatic carbocycles. The minimum absolute atomic E-state index is 0.00670. The van der Waals surface area contributed by atoms with Crippen molar-refractivity contribution in [3.8, 4) is 22.8 Å². The molecule has 0 spiro atoms. The lowest BCUT2D eigenvalue weighted by molar-refractivity contribution is -0.131. The zero-order chi connectivity index (χ0) is 23.6. The van der Waals surface area contributed by atoms with E-state index in [0.717, 1.165) is 5.56 Å². The Hall–Kier alpha value is -3.79. The molecular formula is C23H26N6O4. The Kier molecular flexibility index (Phi) is 6.10. The van der Waals surface area contributed by atoms with Crippen molar-refractivity contribution in [3.05, 3.63) is 48.5 Å². The van der Waals surface area contributed by atoms with Gasteiger partial charge in [-0.3, -0.25) is 24.7 Å². The number of likely N-dealkylation sites (tertiary alicyclic amines) is 1. The van der Waals surface area contributed by atoms with E-state index in [0.29, 0.717) is 48.2 Å². The van der Waals surface area contributed by atoms with Crippen LogP contribution < -0.4 is 10.1 Å². The summed E-state index contributed by atoms with van der Waals surface area (Å²) in [5, 5.41) is 15.9. The molecule has 1 saturated heterocycles. The second kappa shape index (κ2) is 8.99. The molecule has 1 fully saturated rings. The average molecular weight is 450 g/mol. The number of urea groups is 1. The molecule has 2 N–H and O–H groups in total.